The summed E-state index contributed by atoms with van der Waals surface area (Å²) in [6.45, 7) is 6.85. The van der Waals surface area contributed by atoms with Crippen molar-refractivity contribution in [3.8, 4) is 5.75 Å². The second-order valence-corrected chi connectivity index (χ2v) is 6.99. The second-order valence-electron chi connectivity index (χ2n) is 6.99. The lowest BCUT2D eigenvalue weighted by Crippen LogP contribution is -2.41. The Morgan fingerprint density at radius 3 is 2.86 bits per heavy atom. The highest BCUT2D eigenvalue weighted by molar-refractivity contribution is 5.39. The Hall–Kier alpha value is -1.06. The minimum absolute atomic E-state index is 0.322. The summed E-state index contributed by atoms with van der Waals surface area (Å²) in [4.78, 5) is 0. The van der Waals surface area contributed by atoms with E-state index in [1.807, 2.05) is 13.0 Å². The van der Waals surface area contributed by atoms with Crippen molar-refractivity contribution in [2.24, 2.45) is 5.92 Å². The largest absolute Gasteiger partial charge is 0.497 e. The quantitative estimate of drug-likeness (QED) is 0.843. The molecule has 0 fully saturated rings. The van der Waals surface area contributed by atoms with Crippen molar-refractivity contribution in [3.05, 3.63) is 29.3 Å². The first-order valence-electron chi connectivity index (χ1n) is 8.04. The molecule has 0 heterocycles. The van der Waals surface area contributed by atoms with Gasteiger partial charge in [-0.2, -0.15) is 0 Å². The lowest BCUT2D eigenvalue weighted by molar-refractivity contribution is 0.0353. The summed E-state index contributed by atoms with van der Waals surface area (Å²) >= 11 is 0. The third-order valence-electron chi connectivity index (χ3n) is 4.24. The van der Waals surface area contributed by atoms with Crippen molar-refractivity contribution in [1.82, 2.24) is 5.32 Å². The zero-order valence-electron chi connectivity index (χ0n) is 13.8. The van der Waals surface area contributed by atoms with E-state index in [0.29, 0.717) is 18.5 Å². The Morgan fingerprint density at radius 1 is 1.43 bits per heavy atom. The fourth-order valence-corrected chi connectivity index (χ4v) is 3.41. The van der Waals surface area contributed by atoms with Crippen molar-refractivity contribution in [3.63, 3.8) is 0 Å². The summed E-state index contributed by atoms with van der Waals surface area (Å²) in [7, 11) is 1.71. The van der Waals surface area contributed by atoms with E-state index in [4.69, 9.17) is 4.74 Å². The number of rotatable bonds is 6. The van der Waals surface area contributed by atoms with E-state index in [1.165, 1.54) is 17.5 Å². The number of hydrogen-bond acceptors (Lipinski definition) is 3. The molecule has 0 saturated heterocycles. The zero-order chi connectivity index (χ0) is 15.5. The standard InChI is InChI=1S/C18H29NO2/c1-13(2)11-18(3,20)12-19-17-7-5-6-14-8-9-15(21-4)10-16(14)17/h8-10,13,17,19-20H,5-7,11-12H2,1-4H3. The molecule has 3 heteroatoms. The lowest BCUT2D eigenvalue weighted by atomic mass is 9.86. The Balaban J connectivity index is 2.06. The van der Waals surface area contributed by atoms with Gasteiger partial charge in [-0.25, -0.2) is 0 Å². The molecule has 0 saturated carbocycles. The van der Waals surface area contributed by atoms with Crippen LogP contribution in [-0.2, 0) is 6.42 Å². The van der Waals surface area contributed by atoms with Gasteiger partial charge in [-0.1, -0.05) is 19.9 Å². The van der Waals surface area contributed by atoms with E-state index in [2.05, 4.69) is 31.3 Å². The number of ether oxygens (including phenoxy) is 1. The van der Waals surface area contributed by atoms with Crippen molar-refractivity contribution in [2.45, 2.75) is 58.1 Å². The molecule has 0 radical (unpaired) electrons. The van der Waals surface area contributed by atoms with Gasteiger partial charge in [-0.3, -0.25) is 0 Å². The molecular formula is C18H29NO2. The Labute approximate surface area is 128 Å². The number of methoxy groups -OCH3 is 1. The van der Waals surface area contributed by atoms with Crippen LogP contribution < -0.4 is 10.1 Å². The first-order valence-corrected chi connectivity index (χ1v) is 8.04. The highest BCUT2D eigenvalue weighted by Gasteiger charge is 2.26. The van der Waals surface area contributed by atoms with Gasteiger partial charge in [0.25, 0.3) is 0 Å². The Morgan fingerprint density at radius 2 is 2.19 bits per heavy atom. The molecular weight excluding hydrogens is 262 g/mol. The molecule has 2 rings (SSSR count). The minimum Gasteiger partial charge on any atom is -0.497 e. The van der Waals surface area contributed by atoms with Crippen LogP contribution in [0.2, 0.25) is 0 Å². The third-order valence-corrected chi connectivity index (χ3v) is 4.24. The maximum Gasteiger partial charge on any atom is 0.119 e. The third kappa shape index (κ3) is 4.45. The van der Waals surface area contributed by atoms with Crippen molar-refractivity contribution in [1.29, 1.82) is 0 Å². The fourth-order valence-electron chi connectivity index (χ4n) is 3.41. The lowest BCUT2D eigenvalue weighted by Gasteiger charge is -2.32. The zero-order valence-corrected chi connectivity index (χ0v) is 13.8. The second kappa shape index (κ2) is 6.80. The van der Waals surface area contributed by atoms with Gasteiger partial charge in [-0.15, -0.1) is 0 Å². The average Bonchev–Trinajstić information content (AvgIpc) is 2.43. The van der Waals surface area contributed by atoms with Gasteiger partial charge < -0.3 is 15.2 Å². The predicted octanol–water partition coefficient (Wildman–Crippen LogP) is 3.46. The summed E-state index contributed by atoms with van der Waals surface area (Å²) in [5, 5.41) is 14.0. The van der Waals surface area contributed by atoms with Crippen LogP contribution in [0, 0.1) is 5.92 Å². The van der Waals surface area contributed by atoms with Gasteiger partial charge in [0.15, 0.2) is 0 Å². The van der Waals surface area contributed by atoms with E-state index >= 15 is 0 Å². The van der Waals surface area contributed by atoms with Crippen molar-refractivity contribution < 1.29 is 9.84 Å². The summed E-state index contributed by atoms with van der Waals surface area (Å²) in [5.41, 5.74) is 2.09. The molecule has 0 aromatic heterocycles. The fraction of sp³-hybridized carbons (Fsp3) is 0.667. The number of benzene rings is 1. The van der Waals surface area contributed by atoms with Gasteiger partial charge in [0.2, 0.25) is 0 Å². The molecule has 1 aromatic carbocycles. The highest BCUT2D eigenvalue weighted by atomic mass is 16.5. The molecule has 2 N–H and O–H groups in total. The molecule has 0 spiro atoms. The molecule has 2 unspecified atom stereocenters. The molecule has 1 aliphatic rings. The van der Waals surface area contributed by atoms with Gasteiger partial charge in [0.05, 0.1) is 12.7 Å². The van der Waals surface area contributed by atoms with Crippen LogP contribution >= 0.6 is 0 Å². The van der Waals surface area contributed by atoms with Crippen molar-refractivity contribution in [2.75, 3.05) is 13.7 Å². The number of hydrogen-bond donors (Lipinski definition) is 2. The smallest absolute Gasteiger partial charge is 0.119 e. The monoisotopic (exact) mass is 291 g/mol. The molecule has 1 aromatic rings. The molecule has 0 aliphatic heterocycles. The van der Waals surface area contributed by atoms with Crippen LogP contribution in [0.4, 0.5) is 0 Å². The van der Waals surface area contributed by atoms with Gasteiger partial charge in [0.1, 0.15) is 5.75 Å². The molecule has 2 atom stereocenters. The molecule has 0 bridgehead atoms. The number of fused-ring (bicyclic) bond motifs is 1. The van der Waals surface area contributed by atoms with Crippen LogP contribution in [0.25, 0.3) is 0 Å². The van der Waals surface area contributed by atoms with Crippen LogP contribution in [0.3, 0.4) is 0 Å². The van der Waals surface area contributed by atoms with Crippen LogP contribution in [0.15, 0.2) is 18.2 Å². The summed E-state index contributed by atoms with van der Waals surface area (Å²) in [6, 6.07) is 6.68. The van der Waals surface area contributed by atoms with Gasteiger partial charge in [-0.05, 0) is 61.8 Å². The van der Waals surface area contributed by atoms with Crippen LogP contribution in [-0.4, -0.2) is 24.4 Å². The summed E-state index contributed by atoms with van der Waals surface area (Å²) in [6.07, 6.45) is 4.28. The van der Waals surface area contributed by atoms with E-state index < -0.39 is 5.60 Å². The number of nitrogens with one attached hydrogen (secondary N) is 1. The maximum absolute atomic E-state index is 10.5. The molecule has 1 aliphatic carbocycles. The minimum atomic E-state index is -0.648. The summed E-state index contributed by atoms with van der Waals surface area (Å²) < 4.78 is 5.35. The van der Waals surface area contributed by atoms with E-state index in [9.17, 15) is 5.11 Å². The highest BCUT2D eigenvalue weighted by Crippen LogP contribution is 2.32. The van der Waals surface area contributed by atoms with Crippen LogP contribution in [0.5, 0.6) is 5.75 Å². The van der Waals surface area contributed by atoms with Crippen molar-refractivity contribution >= 4 is 0 Å². The number of aliphatic hydroxyl groups is 1. The first-order chi connectivity index (χ1) is 9.91. The average molecular weight is 291 g/mol. The molecule has 21 heavy (non-hydrogen) atoms. The van der Waals surface area contributed by atoms with Gasteiger partial charge >= 0.3 is 0 Å². The molecule has 0 amide bonds. The van der Waals surface area contributed by atoms with E-state index in [1.54, 1.807) is 7.11 Å². The maximum atomic E-state index is 10.5. The van der Waals surface area contributed by atoms with Gasteiger partial charge in [0, 0.05) is 12.6 Å². The van der Waals surface area contributed by atoms with Crippen LogP contribution in [0.1, 0.15) is 57.2 Å². The molecule has 3 nitrogen and oxygen atoms in total. The predicted molar refractivity (Wildman–Crippen MR) is 86.8 cm³/mol. The van der Waals surface area contributed by atoms with E-state index in [-0.39, 0.29) is 0 Å². The topological polar surface area (TPSA) is 41.5 Å². The Kier molecular flexibility index (Phi) is 5.28. The molecule has 118 valence electrons. The normalized spacial score (nSPS) is 21.0. The SMILES string of the molecule is COc1ccc2c(c1)C(NCC(C)(O)CC(C)C)CCC2. The van der Waals surface area contributed by atoms with E-state index in [0.717, 1.165) is 25.0 Å². The number of aryl methyl sites for hydroxylation is 1. The summed E-state index contributed by atoms with van der Waals surface area (Å²) in [5.74, 6) is 1.41. The Bertz CT molecular complexity index is 468. The first kappa shape index (κ1) is 16.3.